The molecule has 2 rings (SSSR count). The molecule has 1 fully saturated rings. The summed E-state index contributed by atoms with van der Waals surface area (Å²) in [5.41, 5.74) is 1.18. The van der Waals surface area contributed by atoms with Gasteiger partial charge in [0.25, 0.3) is 0 Å². The molecule has 1 aliphatic heterocycles. The fraction of sp³-hybridized carbons (Fsp3) is 0.846. The van der Waals surface area contributed by atoms with E-state index in [-0.39, 0.29) is 5.54 Å². The summed E-state index contributed by atoms with van der Waals surface area (Å²) in [6.45, 7) is 11.0. The molecule has 0 aliphatic carbocycles. The number of rotatable bonds is 5. The third-order valence-corrected chi connectivity index (χ3v) is 3.87. The van der Waals surface area contributed by atoms with Crippen LogP contribution in [0.3, 0.4) is 0 Å². The number of hydrogen-bond acceptors (Lipinski definition) is 5. The fourth-order valence-electron chi connectivity index (χ4n) is 2.50. The fourth-order valence-corrected chi connectivity index (χ4v) is 2.50. The smallest absolute Gasteiger partial charge is 0.0964 e. The van der Waals surface area contributed by atoms with E-state index < -0.39 is 0 Å². The second-order valence-corrected chi connectivity index (χ2v) is 6.09. The average Bonchev–Trinajstić information content (AvgIpc) is 2.75. The zero-order chi connectivity index (χ0) is 13.9. The van der Waals surface area contributed by atoms with Crippen molar-refractivity contribution in [1.29, 1.82) is 0 Å². The highest BCUT2D eigenvalue weighted by Gasteiger charge is 2.28. The van der Waals surface area contributed by atoms with Crippen LogP contribution in [0.25, 0.3) is 0 Å². The van der Waals surface area contributed by atoms with Crippen LogP contribution in [-0.4, -0.2) is 70.1 Å². The van der Waals surface area contributed by atoms with Crippen LogP contribution in [0.5, 0.6) is 0 Å². The lowest BCUT2D eigenvalue weighted by molar-refractivity contribution is 0.0617. The van der Waals surface area contributed by atoms with E-state index in [0.29, 0.717) is 0 Å². The molecule has 108 valence electrons. The number of aryl methyl sites for hydroxylation is 1. The van der Waals surface area contributed by atoms with Crippen LogP contribution in [0.4, 0.5) is 0 Å². The van der Waals surface area contributed by atoms with Gasteiger partial charge in [-0.3, -0.25) is 9.58 Å². The minimum absolute atomic E-state index is 0.184. The lowest BCUT2D eigenvalue weighted by atomic mass is 10.0. The van der Waals surface area contributed by atoms with Gasteiger partial charge in [0.1, 0.15) is 0 Å². The highest BCUT2D eigenvalue weighted by atomic mass is 15.4. The molecular weight excluding hydrogens is 240 g/mol. The monoisotopic (exact) mass is 266 g/mol. The van der Waals surface area contributed by atoms with Gasteiger partial charge < -0.3 is 10.2 Å². The molecular formula is C13H26N6. The normalized spacial score (nSPS) is 18.9. The zero-order valence-electron chi connectivity index (χ0n) is 12.6. The first-order valence-electron chi connectivity index (χ1n) is 6.97. The molecule has 0 unspecified atom stereocenters. The molecule has 1 aromatic rings. The Balaban J connectivity index is 1.77. The maximum atomic E-state index is 4.09. The van der Waals surface area contributed by atoms with E-state index in [1.54, 1.807) is 4.68 Å². The first-order valence-corrected chi connectivity index (χ1v) is 6.97. The van der Waals surface area contributed by atoms with Crippen molar-refractivity contribution in [2.24, 2.45) is 7.05 Å². The summed E-state index contributed by atoms with van der Waals surface area (Å²) in [5.74, 6) is 0. The number of likely N-dealkylation sites (N-methyl/N-ethyl adjacent to an activating group) is 1. The van der Waals surface area contributed by atoms with Gasteiger partial charge in [-0.2, -0.15) is 0 Å². The number of nitrogens with zero attached hydrogens (tertiary/aromatic N) is 5. The summed E-state index contributed by atoms with van der Waals surface area (Å²) in [6, 6.07) is 0. The molecule has 0 amide bonds. The molecule has 6 nitrogen and oxygen atoms in total. The summed E-state index contributed by atoms with van der Waals surface area (Å²) in [5, 5.41) is 11.5. The second-order valence-electron chi connectivity index (χ2n) is 6.09. The van der Waals surface area contributed by atoms with E-state index in [2.05, 4.69) is 46.3 Å². The molecule has 0 radical (unpaired) electrons. The Bertz CT molecular complexity index is 392. The molecule has 0 atom stereocenters. The Labute approximate surface area is 115 Å². The third-order valence-electron chi connectivity index (χ3n) is 3.87. The van der Waals surface area contributed by atoms with E-state index in [1.165, 1.54) is 0 Å². The van der Waals surface area contributed by atoms with Gasteiger partial charge in [-0.15, -0.1) is 5.10 Å². The molecule has 0 aromatic carbocycles. The van der Waals surface area contributed by atoms with Crippen LogP contribution in [-0.2, 0) is 13.6 Å². The van der Waals surface area contributed by atoms with Crippen LogP contribution in [0.15, 0.2) is 6.20 Å². The van der Waals surface area contributed by atoms with E-state index in [4.69, 9.17) is 0 Å². The SMILES string of the molecule is CN1CCN(C(C)(C)CNCc2cn(C)nn2)CC1. The number of aromatic nitrogens is 3. The Hall–Kier alpha value is -0.980. The summed E-state index contributed by atoms with van der Waals surface area (Å²) in [6.07, 6.45) is 1.95. The zero-order valence-corrected chi connectivity index (χ0v) is 12.6. The molecule has 1 N–H and O–H groups in total. The summed E-state index contributed by atoms with van der Waals surface area (Å²) < 4.78 is 1.74. The Morgan fingerprint density at radius 1 is 1.21 bits per heavy atom. The predicted octanol–water partition coefficient (Wildman–Crippen LogP) is -0.0693. The number of hydrogen-bond donors (Lipinski definition) is 1. The van der Waals surface area contributed by atoms with E-state index in [9.17, 15) is 0 Å². The third kappa shape index (κ3) is 3.99. The topological polar surface area (TPSA) is 49.2 Å². The first-order chi connectivity index (χ1) is 8.97. The van der Waals surface area contributed by atoms with Gasteiger partial charge in [0.05, 0.1) is 5.69 Å². The highest BCUT2D eigenvalue weighted by molar-refractivity contribution is 4.93. The average molecular weight is 266 g/mol. The minimum atomic E-state index is 0.184. The van der Waals surface area contributed by atoms with Crippen molar-refractivity contribution in [3.05, 3.63) is 11.9 Å². The largest absolute Gasteiger partial charge is 0.309 e. The lowest BCUT2D eigenvalue weighted by Crippen LogP contribution is -2.57. The maximum absolute atomic E-state index is 4.09. The second kappa shape index (κ2) is 5.98. The van der Waals surface area contributed by atoms with Gasteiger partial charge in [-0.05, 0) is 20.9 Å². The van der Waals surface area contributed by atoms with Crippen molar-refractivity contribution < 1.29 is 0 Å². The van der Waals surface area contributed by atoms with E-state index >= 15 is 0 Å². The Kier molecular flexibility index (Phi) is 4.54. The van der Waals surface area contributed by atoms with Gasteiger partial charge in [-0.1, -0.05) is 5.21 Å². The summed E-state index contributed by atoms with van der Waals surface area (Å²) in [7, 11) is 4.08. The van der Waals surface area contributed by atoms with Crippen molar-refractivity contribution >= 4 is 0 Å². The van der Waals surface area contributed by atoms with Gasteiger partial charge in [-0.25, -0.2) is 0 Å². The summed E-state index contributed by atoms with van der Waals surface area (Å²) >= 11 is 0. The predicted molar refractivity (Wildman–Crippen MR) is 75.9 cm³/mol. The van der Waals surface area contributed by atoms with Crippen LogP contribution in [0.2, 0.25) is 0 Å². The quantitative estimate of drug-likeness (QED) is 0.808. The van der Waals surface area contributed by atoms with Crippen LogP contribution in [0, 0.1) is 0 Å². The van der Waals surface area contributed by atoms with Crippen molar-refractivity contribution in [2.75, 3.05) is 39.8 Å². The molecule has 1 saturated heterocycles. The van der Waals surface area contributed by atoms with Crippen molar-refractivity contribution in [1.82, 2.24) is 30.1 Å². The van der Waals surface area contributed by atoms with E-state index in [0.717, 1.165) is 45.0 Å². The Morgan fingerprint density at radius 3 is 2.47 bits per heavy atom. The molecule has 6 heteroatoms. The van der Waals surface area contributed by atoms with Crippen molar-refractivity contribution in [2.45, 2.75) is 25.9 Å². The highest BCUT2D eigenvalue weighted by Crippen LogP contribution is 2.15. The minimum Gasteiger partial charge on any atom is -0.309 e. The maximum Gasteiger partial charge on any atom is 0.0964 e. The molecule has 0 spiro atoms. The van der Waals surface area contributed by atoms with Crippen LogP contribution in [0.1, 0.15) is 19.5 Å². The standard InChI is InChI=1S/C13H26N6/c1-13(2,19-7-5-17(3)6-8-19)11-14-9-12-10-18(4)16-15-12/h10,14H,5-9,11H2,1-4H3. The summed E-state index contributed by atoms with van der Waals surface area (Å²) in [4.78, 5) is 4.95. The van der Waals surface area contributed by atoms with Gasteiger partial charge in [0.2, 0.25) is 0 Å². The molecule has 2 heterocycles. The van der Waals surface area contributed by atoms with Crippen molar-refractivity contribution in [3.63, 3.8) is 0 Å². The first kappa shape index (κ1) is 14.4. The van der Waals surface area contributed by atoms with E-state index in [1.807, 2.05) is 13.2 Å². The number of nitrogens with one attached hydrogen (secondary N) is 1. The Morgan fingerprint density at radius 2 is 1.89 bits per heavy atom. The molecule has 1 aromatic heterocycles. The lowest BCUT2D eigenvalue weighted by Gasteiger charge is -2.43. The van der Waals surface area contributed by atoms with Crippen LogP contribution < -0.4 is 5.32 Å². The molecule has 1 aliphatic rings. The van der Waals surface area contributed by atoms with Gasteiger partial charge >= 0.3 is 0 Å². The van der Waals surface area contributed by atoms with Gasteiger partial charge in [0, 0.05) is 58.1 Å². The van der Waals surface area contributed by atoms with Crippen molar-refractivity contribution in [3.8, 4) is 0 Å². The van der Waals surface area contributed by atoms with Crippen LogP contribution >= 0.6 is 0 Å². The molecule has 0 saturated carbocycles. The number of piperazine rings is 1. The molecule has 19 heavy (non-hydrogen) atoms. The molecule has 0 bridgehead atoms. The van der Waals surface area contributed by atoms with Gasteiger partial charge in [0.15, 0.2) is 0 Å².